The average Bonchev–Trinajstić information content (AvgIpc) is 3.38. The topological polar surface area (TPSA) is 74.2 Å². The quantitative estimate of drug-likeness (QED) is 0.304. The summed E-state index contributed by atoms with van der Waals surface area (Å²) in [5.41, 5.74) is 4.29. The van der Waals surface area contributed by atoms with Crippen LogP contribution in [-0.2, 0) is 13.0 Å². The molecule has 3 aromatic rings. The Kier molecular flexibility index (Phi) is 8.08. The highest BCUT2D eigenvalue weighted by molar-refractivity contribution is 14.0. The van der Waals surface area contributed by atoms with Crippen molar-refractivity contribution in [2.24, 2.45) is 4.99 Å². The Morgan fingerprint density at radius 2 is 2.03 bits per heavy atom. The van der Waals surface area contributed by atoms with E-state index < -0.39 is 0 Å². The number of aromatic nitrogens is 3. The first-order valence-electron chi connectivity index (χ1n) is 10.3. The summed E-state index contributed by atoms with van der Waals surface area (Å²) in [5, 5.41) is 7.45. The van der Waals surface area contributed by atoms with Gasteiger partial charge in [-0.15, -0.1) is 24.0 Å². The van der Waals surface area contributed by atoms with Gasteiger partial charge in [-0.2, -0.15) is 0 Å². The van der Waals surface area contributed by atoms with Crippen molar-refractivity contribution in [3.63, 3.8) is 0 Å². The predicted octanol–water partition coefficient (Wildman–Crippen LogP) is 2.57. The van der Waals surface area contributed by atoms with Gasteiger partial charge in [0.15, 0.2) is 5.96 Å². The number of aryl methyl sites for hydroxylation is 1. The van der Waals surface area contributed by atoms with Gasteiger partial charge >= 0.3 is 0 Å². The van der Waals surface area contributed by atoms with E-state index in [4.69, 9.17) is 14.5 Å². The smallest absolute Gasteiger partial charge is 0.194 e. The average molecular weight is 523 g/mol. The number of aliphatic imine (C=N–C) groups is 1. The number of hydrogen-bond donors (Lipinski definition) is 1. The number of rotatable bonds is 6. The van der Waals surface area contributed by atoms with Gasteiger partial charge in [-0.3, -0.25) is 9.89 Å². The molecule has 1 aliphatic heterocycles. The Morgan fingerprint density at radius 3 is 2.73 bits per heavy atom. The molecule has 0 unspecified atom stereocenters. The monoisotopic (exact) mass is 523 g/mol. The van der Waals surface area contributed by atoms with Crippen molar-refractivity contribution in [2.75, 3.05) is 39.3 Å². The highest BCUT2D eigenvalue weighted by atomic mass is 127. The van der Waals surface area contributed by atoms with Gasteiger partial charge in [0, 0.05) is 70.7 Å². The lowest BCUT2D eigenvalue weighted by atomic mass is 10.3. The first-order chi connectivity index (χ1) is 14.2. The summed E-state index contributed by atoms with van der Waals surface area (Å²) < 4.78 is 7.02. The van der Waals surface area contributed by atoms with Crippen LogP contribution in [0.2, 0.25) is 0 Å². The largest absolute Gasteiger partial charge is 0.364 e. The zero-order valence-electron chi connectivity index (χ0n) is 17.6. The van der Waals surface area contributed by atoms with Crippen LogP contribution in [0.4, 0.5) is 0 Å². The van der Waals surface area contributed by atoms with E-state index in [0.717, 1.165) is 75.2 Å². The Balaban J connectivity index is 0.00000256. The lowest BCUT2D eigenvalue weighted by Gasteiger charge is -2.36. The van der Waals surface area contributed by atoms with Crippen molar-refractivity contribution in [1.29, 1.82) is 0 Å². The second-order valence-corrected chi connectivity index (χ2v) is 7.39. The molecule has 0 atom stereocenters. The predicted molar refractivity (Wildman–Crippen MR) is 128 cm³/mol. The minimum atomic E-state index is 0. The van der Waals surface area contributed by atoms with E-state index in [-0.39, 0.29) is 24.0 Å². The number of pyridine rings is 1. The number of halogens is 1. The maximum absolute atomic E-state index is 4.93. The molecule has 0 aliphatic carbocycles. The summed E-state index contributed by atoms with van der Waals surface area (Å²) in [6.07, 6.45) is 6.62. The van der Waals surface area contributed by atoms with Crippen LogP contribution in [0.5, 0.6) is 0 Å². The second kappa shape index (κ2) is 10.8. The number of hydrogen-bond acceptors (Lipinski definition) is 5. The molecule has 9 heteroatoms. The summed E-state index contributed by atoms with van der Waals surface area (Å²) in [6.45, 7) is 10.5. The maximum Gasteiger partial charge on any atom is 0.194 e. The summed E-state index contributed by atoms with van der Waals surface area (Å²) in [5.74, 6) is 0.994. The van der Waals surface area contributed by atoms with Crippen LogP contribution in [0, 0.1) is 6.92 Å². The minimum absolute atomic E-state index is 0. The number of nitrogens with one attached hydrogen (secondary N) is 1. The third kappa shape index (κ3) is 5.51. The fraction of sp³-hybridized carbons (Fsp3) is 0.476. The molecule has 1 N–H and O–H groups in total. The van der Waals surface area contributed by atoms with Gasteiger partial charge in [-0.25, -0.2) is 4.98 Å². The SMILES string of the molecule is CCNC(=NCCc1cn2cccc(C)c2n1)N1CCN(Cc2ccon2)CC1.I. The van der Waals surface area contributed by atoms with Crippen LogP contribution in [0.15, 0.2) is 46.4 Å². The number of fused-ring (bicyclic) bond motifs is 1. The van der Waals surface area contributed by atoms with E-state index in [1.54, 1.807) is 6.26 Å². The van der Waals surface area contributed by atoms with Crippen molar-refractivity contribution in [3.8, 4) is 0 Å². The fourth-order valence-corrected chi connectivity index (χ4v) is 3.69. The number of guanidine groups is 1. The lowest BCUT2D eigenvalue weighted by molar-refractivity contribution is 0.169. The third-order valence-corrected chi connectivity index (χ3v) is 5.24. The van der Waals surface area contributed by atoms with Crippen molar-refractivity contribution in [2.45, 2.75) is 26.8 Å². The molecule has 4 heterocycles. The van der Waals surface area contributed by atoms with Gasteiger partial charge in [0.05, 0.1) is 11.4 Å². The van der Waals surface area contributed by atoms with Gasteiger partial charge < -0.3 is 19.1 Å². The molecule has 8 nitrogen and oxygen atoms in total. The Bertz CT molecular complexity index is 946. The molecule has 3 aromatic heterocycles. The molecule has 162 valence electrons. The highest BCUT2D eigenvalue weighted by Gasteiger charge is 2.20. The zero-order chi connectivity index (χ0) is 20.1. The highest BCUT2D eigenvalue weighted by Crippen LogP contribution is 2.11. The normalized spacial score (nSPS) is 15.4. The molecule has 30 heavy (non-hydrogen) atoms. The standard InChI is InChI=1S/C21H29N7O.HI/c1-3-22-21(27-12-10-26(11-13-27)15-19-7-14-29-25-19)23-8-6-18-16-28-9-4-5-17(2)20(28)24-18;/h4-5,7,9,14,16H,3,6,8,10-13,15H2,1-2H3,(H,22,23);1H. The van der Waals surface area contributed by atoms with Crippen molar-refractivity contribution in [1.82, 2.24) is 29.7 Å². The molecule has 0 spiro atoms. The molecular weight excluding hydrogens is 493 g/mol. The van der Waals surface area contributed by atoms with Gasteiger partial charge in [0.2, 0.25) is 0 Å². The Labute approximate surface area is 194 Å². The van der Waals surface area contributed by atoms with Crippen LogP contribution < -0.4 is 5.32 Å². The second-order valence-electron chi connectivity index (χ2n) is 7.39. The van der Waals surface area contributed by atoms with E-state index in [1.807, 2.05) is 12.3 Å². The Hall–Kier alpha value is -2.14. The summed E-state index contributed by atoms with van der Waals surface area (Å²) in [6, 6.07) is 6.08. The van der Waals surface area contributed by atoms with E-state index in [2.05, 4.69) is 56.9 Å². The van der Waals surface area contributed by atoms with Gasteiger partial charge in [0.25, 0.3) is 0 Å². The van der Waals surface area contributed by atoms with E-state index in [0.29, 0.717) is 0 Å². The van der Waals surface area contributed by atoms with Gasteiger partial charge in [-0.05, 0) is 25.5 Å². The molecule has 0 amide bonds. The maximum atomic E-state index is 4.93. The van der Waals surface area contributed by atoms with Crippen LogP contribution in [0.1, 0.15) is 23.9 Å². The molecule has 0 bridgehead atoms. The molecular formula is C21H30IN7O. The van der Waals surface area contributed by atoms with Gasteiger partial charge in [-0.1, -0.05) is 11.2 Å². The third-order valence-electron chi connectivity index (χ3n) is 5.24. The van der Waals surface area contributed by atoms with E-state index >= 15 is 0 Å². The molecule has 0 radical (unpaired) electrons. The van der Waals surface area contributed by atoms with Crippen LogP contribution >= 0.6 is 24.0 Å². The number of piperazine rings is 1. The molecule has 1 aliphatic rings. The van der Waals surface area contributed by atoms with Crippen molar-refractivity contribution >= 4 is 35.6 Å². The minimum Gasteiger partial charge on any atom is -0.364 e. The fourth-order valence-electron chi connectivity index (χ4n) is 3.69. The molecule has 1 fully saturated rings. The van der Waals surface area contributed by atoms with Crippen molar-refractivity contribution < 1.29 is 4.52 Å². The summed E-state index contributed by atoms with van der Waals surface area (Å²) >= 11 is 0. The molecule has 4 rings (SSSR count). The summed E-state index contributed by atoms with van der Waals surface area (Å²) in [4.78, 5) is 14.4. The first-order valence-corrected chi connectivity index (χ1v) is 10.3. The van der Waals surface area contributed by atoms with Crippen LogP contribution in [0.3, 0.4) is 0 Å². The molecule has 0 aromatic carbocycles. The van der Waals surface area contributed by atoms with Crippen molar-refractivity contribution in [3.05, 3.63) is 53.8 Å². The zero-order valence-corrected chi connectivity index (χ0v) is 20.0. The Morgan fingerprint density at radius 1 is 1.20 bits per heavy atom. The summed E-state index contributed by atoms with van der Waals surface area (Å²) in [7, 11) is 0. The first kappa shape index (κ1) is 22.5. The van der Waals surface area contributed by atoms with E-state index in [9.17, 15) is 0 Å². The lowest BCUT2D eigenvalue weighted by Crippen LogP contribution is -2.52. The number of nitrogens with zero attached hydrogens (tertiary/aromatic N) is 6. The molecule has 1 saturated heterocycles. The molecule has 0 saturated carbocycles. The van der Waals surface area contributed by atoms with Gasteiger partial charge in [0.1, 0.15) is 11.9 Å². The number of imidazole rings is 1. The van der Waals surface area contributed by atoms with Crippen LogP contribution in [-0.4, -0.2) is 69.6 Å². The van der Waals surface area contributed by atoms with Crippen LogP contribution in [0.25, 0.3) is 5.65 Å². The van der Waals surface area contributed by atoms with E-state index in [1.165, 1.54) is 5.56 Å².